The summed E-state index contributed by atoms with van der Waals surface area (Å²) in [4.78, 5) is 0. The van der Waals surface area contributed by atoms with Crippen LogP contribution in [0.15, 0.2) is 50.6 Å². The predicted octanol–water partition coefficient (Wildman–Crippen LogP) is 0.0625. The van der Waals surface area contributed by atoms with Gasteiger partial charge in [-0.1, -0.05) is 13.2 Å². The SMILES string of the molecule is C=Cn1cc[n+](CC)c1.C=Cn1cc[n+](CC)c1.CO.O=S(=O)([O-])[O-]. The fourth-order valence-electron chi connectivity index (χ4n) is 1.41. The van der Waals surface area contributed by atoms with E-state index in [9.17, 15) is 0 Å². The monoisotopic (exact) mass is 374 g/mol. The van der Waals surface area contributed by atoms with Crippen LogP contribution in [0.2, 0.25) is 0 Å². The number of aliphatic hydroxyl groups is 1. The number of hydrogen-bond donors (Lipinski definition) is 1. The molecule has 9 nitrogen and oxygen atoms in total. The first-order chi connectivity index (χ1) is 11.7. The van der Waals surface area contributed by atoms with Crippen LogP contribution in [0.3, 0.4) is 0 Å². The van der Waals surface area contributed by atoms with Crippen molar-refractivity contribution >= 4 is 22.8 Å². The summed E-state index contributed by atoms with van der Waals surface area (Å²) in [7, 11) is -4.17. The topological polar surface area (TPSA) is 118 Å². The molecule has 2 heterocycles. The Morgan fingerprint density at radius 2 is 1.24 bits per heavy atom. The lowest BCUT2D eigenvalue weighted by atomic mass is 10.7. The summed E-state index contributed by atoms with van der Waals surface area (Å²) in [5, 5.41) is 7.00. The van der Waals surface area contributed by atoms with Gasteiger partial charge in [-0.25, -0.2) is 18.3 Å². The first kappa shape index (κ1) is 25.0. The molecule has 0 aliphatic rings. The van der Waals surface area contributed by atoms with E-state index < -0.39 is 10.4 Å². The summed E-state index contributed by atoms with van der Waals surface area (Å²) >= 11 is 0. The molecule has 0 atom stereocenters. The number of aliphatic hydroxyl groups excluding tert-OH is 1. The van der Waals surface area contributed by atoms with Crippen LogP contribution in [0.25, 0.3) is 12.4 Å². The smallest absolute Gasteiger partial charge is 0.248 e. The Balaban J connectivity index is 0. The van der Waals surface area contributed by atoms with E-state index in [4.69, 9.17) is 22.6 Å². The predicted molar refractivity (Wildman–Crippen MR) is 92.0 cm³/mol. The summed E-state index contributed by atoms with van der Waals surface area (Å²) in [6.07, 6.45) is 15.5. The number of nitrogens with zero attached hydrogens (tertiary/aromatic N) is 4. The normalized spacial score (nSPS) is 9.36. The zero-order valence-electron chi connectivity index (χ0n) is 14.7. The van der Waals surface area contributed by atoms with Crippen LogP contribution in [-0.2, 0) is 23.5 Å². The number of imidazole rings is 2. The summed E-state index contributed by atoms with van der Waals surface area (Å²) in [5.74, 6) is 0. The van der Waals surface area contributed by atoms with Gasteiger partial charge in [0.1, 0.15) is 24.8 Å². The van der Waals surface area contributed by atoms with Gasteiger partial charge in [0.25, 0.3) is 0 Å². The van der Waals surface area contributed by atoms with Crippen molar-refractivity contribution in [1.29, 1.82) is 0 Å². The quantitative estimate of drug-likeness (QED) is 0.461. The average Bonchev–Trinajstić information content (AvgIpc) is 3.24. The number of hydrogen-bond acceptors (Lipinski definition) is 5. The molecule has 0 radical (unpaired) electrons. The second kappa shape index (κ2) is 14.1. The van der Waals surface area contributed by atoms with Crippen LogP contribution >= 0.6 is 0 Å². The van der Waals surface area contributed by atoms with Crippen molar-refractivity contribution in [3.05, 3.63) is 50.6 Å². The van der Waals surface area contributed by atoms with Gasteiger partial charge >= 0.3 is 0 Å². The maximum Gasteiger partial charge on any atom is 0.248 e. The molecule has 0 aliphatic heterocycles. The van der Waals surface area contributed by atoms with Crippen molar-refractivity contribution in [2.75, 3.05) is 7.11 Å². The minimum absolute atomic E-state index is 1.00. The fraction of sp³-hybridized carbons (Fsp3) is 0.333. The summed E-state index contributed by atoms with van der Waals surface area (Å²) in [6.45, 7) is 13.5. The van der Waals surface area contributed by atoms with E-state index in [0.29, 0.717) is 0 Å². The molecular weight excluding hydrogens is 348 g/mol. The third kappa shape index (κ3) is 15.0. The van der Waals surface area contributed by atoms with Gasteiger partial charge in [0.05, 0.1) is 25.5 Å². The second-order valence-corrected chi connectivity index (χ2v) is 4.97. The second-order valence-electron chi connectivity index (χ2n) is 4.16. The molecule has 1 N–H and O–H groups in total. The third-order valence-electron chi connectivity index (χ3n) is 2.58. The Bertz CT molecular complexity index is 653. The molecule has 2 rings (SSSR count). The molecule has 25 heavy (non-hydrogen) atoms. The highest BCUT2D eigenvalue weighted by Gasteiger charge is 1.95. The van der Waals surface area contributed by atoms with Crippen molar-refractivity contribution in [3.63, 3.8) is 0 Å². The van der Waals surface area contributed by atoms with Crippen LogP contribution in [-0.4, -0.2) is 38.9 Å². The summed E-state index contributed by atoms with van der Waals surface area (Å²) < 4.78 is 42.1. The highest BCUT2D eigenvalue weighted by atomic mass is 32.3. The van der Waals surface area contributed by atoms with Crippen molar-refractivity contribution in [2.24, 2.45) is 0 Å². The van der Waals surface area contributed by atoms with Gasteiger partial charge in [0, 0.05) is 17.5 Å². The molecule has 0 saturated carbocycles. The van der Waals surface area contributed by atoms with Gasteiger partial charge in [0.2, 0.25) is 12.7 Å². The average molecular weight is 374 g/mol. The van der Waals surface area contributed by atoms with Crippen molar-refractivity contribution in [2.45, 2.75) is 26.9 Å². The molecule has 0 fully saturated rings. The van der Waals surface area contributed by atoms with Gasteiger partial charge in [0.15, 0.2) is 0 Å². The van der Waals surface area contributed by atoms with E-state index in [2.05, 4.69) is 36.1 Å². The first-order valence-electron chi connectivity index (χ1n) is 7.23. The first-order valence-corrected chi connectivity index (χ1v) is 8.56. The summed E-state index contributed by atoms with van der Waals surface area (Å²) in [5.41, 5.74) is 0. The van der Waals surface area contributed by atoms with Gasteiger partial charge in [-0.2, -0.15) is 0 Å². The lowest BCUT2D eigenvalue weighted by Gasteiger charge is -2.06. The molecule has 0 spiro atoms. The molecule has 142 valence electrons. The number of aryl methyl sites for hydroxylation is 2. The van der Waals surface area contributed by atoms with Crippen molar-refractivity contribution in [3.8, 4) is 0 Å². The molecule has 0 aliphatic carbocycles. The van der Waals surface area contributed by atoms with Crippen LogP contribution < -0.4 is 9.13 Å². The Morgan fingerprint density at radius 3 is 1.36 bits per heavy atom. The Morgan fingerprint density at radius 1 is 0.960 bits per heavy atom. The lowest BCUT2D eigenvalue weighted by molar-refractivity contribution is -0.692. The zero-order chi connectivity index (χ0) is 19.9. The van der Waals surface area contributed by atoms with Crippen LogP contribution in [0.4, 0.5) is 0 Å². The molecule has 10 heteroatoms. The van der Waals surface area contributed by atoms with Crippen LogP contribution in [0.5, 0.6) is 0 Å². The summed E-state index contributed by atoms with van der Waals surface area (Å²) in [6, 6.07) is 0. The van der Waals surface area contributed by atoms with Crippen molar-refractivity contribution < 1.29 is 31.8 Å². The van der Waals surface area contributed by atoms with Crippen molar-refractivity contribution in [1.82, 2.24) is 9.13 Å². The van der Waals surface area contributed by atoms with E-state index in [1.54, 1.807) is 12.4 Å². The van der Waals surface area contributed by atoms with E-state index in [-0.39, 0.29) is 0 Å². The molecule has 2 aromatic rings. The number of rotatable bonds is 4. The van der Waals surface area contributed by atoms with Crippen LogP contribution in [0.1, 0.15) is 13.8 Å². The number of aromatic nitrogens is 4. The van der Waals surface area contributed by atoms with E-state index in [0.717, 1.165) is 20.2 Å². The Hall–Kier alpha value is -2.27. The van der Waals surface area contributed by atoms with Crippen LogP contribution in [0, 0.1) is 0 Å². The minimum atomic E-state index is -5.17. The minimum Gasteiger partial charge on any atom is -0.759 e. The molecular formula is C15H26N4O5S. The van der Waals surface area contributed by atoms with Gasteiger partial charge in [-0.15, -0.1) is 0 Å². The molecule has 2 aromatic heterocycles. The van der Waals surface area contributed by atoms with E-state index in [1.165, 1.54) is 0 Å². The highest BCUT2D eigenvalue weighted by Crippen LogP contribution is 1.82. The third-order valence-corrected chi connectivity index (χ3v) is 2.58. The van der Waals surface area contributed by atoms with E-state index >= 15 is 0 Å². The lowest BCUT2D eigenvalue weighted by Crippen LogP contribution is -2.28. The van der Waals surface area contributed by atoms with Gasteiger partial charge < -0.3 is 14.2 Å². The maximum absolute atomic E-state index is 8.52. The highest BCUT2D eigenvalue weighted by molar-refractivity contribution is 7.79. The van der Waals surface area contributed by atoms with E-state index in [1.807, 2.05) is 46.6 Å². The maximum atomic E-state index is 8.52. The largest absolute Gasteiger partial charge is 0.759 e. The fourth-order valence-corrected chi connectivity index (χ4v) is 1.41. The van der Waals surface area contributed by atoms with Gasteiger partial charge in [-0.3, -0.25) is 8.42 Å². The zero-order valence-corrected chi connectivity index (χ0v) is 15.5. The molecule has 0 saturated heterocycles. The Kier molecular flexibility index (Phi) is 14.1. The standard InChI is InChI=1S/2C7H11N2.CH4O.H2O4S/c2*1-3-8-5-6-9(4-2)7-8;1-2;1-5(2,3)4/h2*3,5-7H,1,4H2,2H3;2H,1H3;(H2,1,2,3,4)/q2*+1;;/p-2. The molecule has 0 bridgehead atoms. The molecule has 0 aromatic carbocycles. The Labute approximate surface area is 149 Å². The molecule has 0 unspecified atom stereocenters. The van der Waals surface area contributed by atoms with Gasteiger partial charge in [-0.05, 0) is 13.8 Å². The molecule has 0 amide bonds.